The van der Waals surface area contributed by atoms with Crippen molar-refractivity contribution in [3.8, 4) is 6.07 Å². The molecule has 1 aromatic carbocycles. The van der Waals surface area contributed by atoms with E-state index in [0.29, 0.717) is 36.4 Å². The van der Waals surface area contributed by atoms with Crippen LogP contribution in [0, 0.1) is 23.7 Å². The summed E-state index contributed by atoms with van der Waals surface area (Å²) in [5.74, 6) is -0.0374. The predicted octanol–water partition coefficient (Wildman–Crippen LogP) is 3.77. The van der Waals surface area contributed by atoms with Gasteiger partial charge in [-0.1, -0.05) is 18.7 Å². The van der Waals surface area contributed by atoms with Gasteiger partial charge in [-0.3, -0.25) is 9.69 Å². The maximum absolute atomic E-state index is 13.3. The number of fused-ring (bicyclic) bond motifs is 1. The van der Waals surface area contributed by atoms with Gasteiger partial charge in [0, 0.05) is 38.8 Å². The first-order chi connectivity index (χ1) is 15.3. The number of aryl methyl sites for hydroxylation is 1. The molecule has 32 heavy (non-hydrogen) atoms. The molecule has 4 rings (SSSR count). The average molecular weight is 430 g/mol. The molecule has 7 nitrogen and oxygen atoms in total. The molecule has 0 radical (unpaired) electrons. The molecule has 0 spiro atoms. The highest BCUT2D eigenvalue weighted by Gasteiger charge is 2.32. The van der Waals surface area contributed by atoms with E-state index in [0.717, 1.165) is 5.56 Å². The summed E-state index contributed by atoms with van der Waals surface area (Å²) in [7, 11) is 1.61. The van der Waals surface area contributed by atoms with Gasteiger partial charge in [0.25, 0.3) is 11.4 Å². The van der Waals surface area contributed by atoms with Crippen molar-refractivity contribution < 1.29 is 4.39 Å². The number of rotatable bonds is 3. The third-order valence-electron chi connectivity index (χ3n) is 6.27. The molecule has 0 N–H and O–H groups in total. The molecule has 3 heterocycles. The van der Waals surface area contributed by atoms with Crippen molar-refractivity contribution in [3.63, 3.8) is 0 Å². The van der Waals surface area contributed by atoms with Crippen LogP contribution in [0.2, 0.25) is 0 Å². The first-order valence-corrected chi connectivity index (χ1v) is 10.4. The lowest BCUT2D eigenvalue weighted by molar-refractivity contribution is 0.138. The highest BCUT2D eigenvalue weighted by Crippen LogP contribution is 2.32. The van der Waals surface area contributed by atoms with Crippen molar-refractivity contribution in [2.75, 3.05) is 24.5 Å². The first-order valence-electron chi connectivity index (χ1n) is 10.4. The summed E-state index contributed by atoms with van der Waals surface area (Å²) in [5.41, 5.74) is 2.28. The quantitative estimate of drug-likeness (QED) is 0.592. The topological polar surface area (TPSA) is 69.5 Å². The lowest BCUT2D eigenvalue weighted by Gasteiger charge is -2.44. The van der Waals surface area contributed by atoms with E-state index in [1.165, 1.54) is 16.7 Å². The largest absolute Gasteiger partial charge is 0.364 e. The Kier molecular flexibility index (Phi) is 5.65. The van der Waals surface area contributed by atoms with Crippen molar-refractivity contribution in [2.24, 2.45) is 7.05 Å². The van der Waals surface area contributed by atoms with Gasteiger partial charge in [-0.25, -0.2) is 4.39 Å². The number of hydrogen-bond acceptors (Lipinski definition) is 5. The highest BCUT2D eigenvalue weighted by molar-refractivity contribution is 5.92. The Morgan fingerprint density at radius 3 is 2.59 bits per heavy atom. The van der Waals surface area contributed by atoms with Gasteiger partial charge in [-0.05, 0) is 43.7 Å². The van der Waals surface area contributed by atoms with Crippen LogP contribution in [-0.4, -0.2) is 40.1 Å². The number of benzene rings is 1. The molecule has 1 fully saturated rings. The Bertz CT molecular complexity index is 1320. The molecule has 1 unspecified atom stereocenters. The fourth-order valence-corrected chi connectivity index (χ4v) is 4.54. The average Bonchev–Trinajstić information content (AvgIpc) is 2.80. The minimum Gasteiger partial charge on any atom is -0.364 e. The fraction of sp³-hybridized carbons (Fsp3) is 0.333. The van der Waals surface area contributed by atoms with Crippen LogP contribution in [0.4, 0.5) is 15.9 Å². The van der Waals surface area contributed by atoms with E-state index in [-0.39, 0.29) is 34.8 Å². The van der Waals surface area contributed by atoms with Gasteiger partial charge in [0.15, 0.2) is 0 Å². The molecule has 2 atom stereocenters. The predicted molar refractivity (Wildman–Crippen MR) is 121 cm³/mol. The van der Waals surface area contributed by atoms with Crippen LogP contribution in [0.1, 0.15) is 31.0 Å². The standard InChI is InChI=1S/C24H23FN6O/c1-15-14-30(11-12-31(15)16(2)17-5-7-18(25)8-6-17)23-19(13-26)24(32)29(4)20-9-10-21(27-3)28-22(20)23/h5-10,15-16H,11-12,14H2,1-2,4H3/t15-,16?/m1/s1. The molecule has 162 valence electrons. The van der Waals surface area contributed by atoms with Gasteiger partial charge >= 0.3 is 0 Å². The number of pyridine rings is 2. The number of anilines is 1. The Balaban J connectivity index is 1.73. The zero-order valence-electron chi connectivity index (χ0n) is 18.2. The molecule has 0 amide bonds. The van der Waals surface area contributed by atoms with Crippen LogP contribution in [0.5, 0.6) is 0 Å². The SMILES string of the molecule is [C-]#[N+]c1ccc2c(n1)c(N1CCN(C(C)c3ccc(F)cc3)[C@H](C)C1)c(C#N)c(=O)n2C. The second kappa shape index (κ2) is 8.41. The van der Waals surface area contributed by atoms with Crippen LogP contribution < -0.4 is 10.5 Å². The molecule has 1 saturated heterocycles. The normalized spacial score (nSPS) is 17.7. The summed E-state index contributed by atoms with van der Waals surface area (Å²) in [4.78, 5) is 25.1. The van der Waals surface area contributed by atoms with Crippen LogP contribution in [0.15, 0.2) is 41.2 Å². The third-order valence-corrected chi connectivity index (χ3v) is 6.27. The molecule has 1 aliphatic rings. The summed E-state index contributed by atoms with van der Waals surface area (Å²) in [6.07, 6.45) is 0. The van der Waals surface area contributed by atoms with Crippen molar-refractivity contribution >= 4 is 22.5 Å². The van der Waals surface area contributed by atoms with Crippen molar-refractivity contribution in [1.82, 2.24) is 14.5 Å². The van der Waals surface area contributed by atoms with Gasteiger partial charge in [-0.15, -0.1) is 4.98 Å². The minimum absolute atomic E-state index is 0.0434. The molecule has 0 bridgehead atoms. The van der Waals surface area contributed by atoms with E-state index < -0.39 is 0 Å². The number of hydrogen-bond donors (Lipinski definition) is 0. The maximum atomic E-state index is 13.3. The number of aromatic nitrogens is 2. The van der Waals surface area contributed by atoms with E-state index >= 15 is 0 Å². The lowest BCUT2D eigenvalue weighted by Crippen LogP contribution is -2.53. The molecule has 0 saturated carbocycles. The molecule has 8 heteroatoms. The van der Waals surface area contributed by atoms with E-state index in [9.17, 15) is 14.4 Å². The highest BCUT2D eigenvalue weighted by atomic mass is 19.1. The number of nitriles is 1. The zero-order chi connectivity index (χ0) is 23.0. The maximum Gasteiger partial charge on any atom is 0.271 e. The van der Waals surface area contributed by atoms with Crippen molar-refractivity contribution in [3.05, 3.63) is 75.1 Å². The van der Waals surface area contributed by atoms with Crippen LogP contribution >= 0.6 is 0 Å². The van der Waals surface area contributed by atoms with Crippen LogP contribution in [0.25, 0.3) is 15.9 Å². The molecule has 0 aliphatic carbocycles. The molecular weight excluding hydrogens is 407 g/mol. The number of halogens is 1. The molecule has 2 aromatic heterocycles. The monoisotopic (exact) mass is 430 g/mol. The van der Waals surface area contributed by atoms with Gasteiger partial charge in [-0.2, -0.15) is 5.26 Å². The third kappa shape index (κ3) is 3.59. The Morgan fingerprint density at radius 1 is 1.25 bits per heavy atom. The second-order valence-electron chi connectivity index (χ2n) is 8.11. The zero-order valence-corrected chi connectivity index (χ0v) is 18.2. The summed E-state index contributed by atoms with van der Waals surface area (Å²) in [6, 6.07) is 12.1. The smallest absolute Gasteiger partial charge is 0.271 e. The number of piperazine rings is 1. The van der Waals surface area contributed by atoms with E-state index in [1.807, 2.05) is 4.90 Å². The van der Waals surface area contributed by atoms with Gasteiger partial charge < -0.3 is 14.3 Å². The van der Waals surface area contributed by atoms with Crippen molar-refractivity contribution in [2.45, 2.75) is 25.9 Å². The van der Waals surface area contributed by atoms with Gasteiger partial charge in [0.2, 0.25) is 5.52 Å². The minimum atomic E-state index is -0.373. The summed E-state index contributed by atoms with van der Waals surface area (Å²) < 4.78 is 14.7. The summed E-state index contributed by atoms with van der Waals surface area (Å²) in [6.45, 7) is 13.4. The van der Waals surface area contributed by atoms with Crippen LogP contribution in [0.3, 0.4) is 0 Å². The first kappa shape index (κ1) is 21.5. The van der Waals surface area contributed by atoms with Crippen LogP contribution in [-0.2, 0) is 7.05 Å². The van der Waals surface area contributed by atoms with E-state index in [4.69, 9.17) is 6.57 Å². The van der Waals surface area contributed by atoms with Gasteiger partial charge in [0.05, 0.1) is 5.52 Å². The second-order valence-corrected chi connectivity index (χ2v) is 8.11. The molecule has 1 aliphatic heterocycles. The molecule has 3 aromatic rings. The van der Waals surface area contributed by atoms with Gasteiger partial charge in [0.1, 0.15) is 23.1 Å². The Hall–Kier alpha value is -3.75. The van der Waals surface area contributed by atoms with E-state index in [1.54, 1.807) is 31.3 Å². The fourth-order valence-electron chi connectivity index (χ4n) is 4.54. The number of nitrogens with zero attached hydrogens (tertiary/aromatic N) is 6. The Labute approximate surface area is 185 Å². The summed E-state index contributed by atoms with van der Waals surface area (Å²) >= 11 is 0. The summed E-state index contributed by atoms with van der Waals surface area (Å²) in [5, 5.41) is 9.80. The molecular formula is C24H23FN6O. The Morgan fingerprint density at radius 2 is 1.97 bits per heavy atom. The van der Waals surface area contributed by atoms with Crippen molar-refractivity contribution in [1.29, 1.82) is 5.26 Å². The van der Waals surface area contributed by atoms with E-state index in [2.05, 4.69) is 34.6 Å². The lowest BCUT2D eigenvalue weighted by atomic mass is 10.0.